The summed E-state index contributed by atoms with van der Waals surface area (Å²) in [4.78, 5) is 0. The van der Waals surface area contributed by atoms with E-state index < -0.39 is 0 Å². The summed E-state index contributed by atoms with van der Waals surface area (Å²) in [6, 6.07) is 13.7. The number of benzene rings is 2. The van der Waals surface area contributed by atoms with E-state index in [1.165, 1.54) is 0 Å². The van der Waals surface area contributed by atoms with Crippen LogP contribution < -0.4 is 14.2 Å². The second kappa shape index (κ2) is 8.10. The molecule has 2 rings (SSSR count). The van der Waals surface area contributed by atoms with Gasteiger partial charge in [0.25, 0.3) is 0 Å². The zero-order chi connectivity index (χ0) is 15.0. The van der Waals surface area contributed by atoms with Crippen LogP contribution in [-0.4, -0.2) is 21.3 Å². The Bertz CT molecular complexity index is 496. The third-order valence-corrected chi connectivity index (χ3v) is 2.77. The summed E-state index contributed by atoms with van der Waals surface area (Å²) in [5.41, 5.74) is 2.14. The highest BCUT2D eigenvalue weighted by Crippen LogP contribution is 2.30. The van der Waals surface area contributed by atoms with Crippen molar-refractivity contribution in [3.05, 3.63) is 42.5 Å². The van der Waals surface area contributed by atoms with Crippen molar-refractivity contribution in [2.45, 2.75) is 13.8 Å². The molecule has 0 amide bonds. The summed E-state index contributed by atoms with van der Waals surface area (Å²) in [5, 5.41) is 0. The molecule has 0 unspecified atom stereocenters. The van der Waals surface area contributed by atoms with E-state index in [1.807, 2.05) is 56.3 Å². The van der Waals surface area contributed by atoms with Gasteiger partial charge in [0.1, 0.15) is 17.2 Å². The van der Waals surface area contributed by atoms with Gasteiger partial charge in [-0.2, -0.15) is 0 Å². The van der Waals surface area contributed by atoms with Gasteiger partial charge in [0.2, 0.25) is 0 Å². The smallest absolute Gasteiger partial charge is 0.123 e. The fourth-order valence-corrected chi connectivity index (χ4v) is 1.76. The van der Waals surface area contributed by atoms with Crippen molar-refractivity contribution in [2.75, 3.05) is 21.3 Å². The monoisotopic (exact) mass is 274 g/mol. The topological polar surface area (TPSA) is 27.7 Å². The first-order chi connectivity index (χ1) is 9.76. The van der Waals surface area contributed by atoms with E-state index in [9.17, 15) is 0 Å². The average Bonchev–Trinajstić information content (AvgIpc) is 2.56. The van der Waals surface area contributed by atoms with Crippen LogP contribution in [0.1, 0.15) is 13.8 Å². The summed E-state index contributed by atoms with van der Waals surface area (Å²) < 4.78 is 15.7. The zero-order valence-corrected chi connectivity index (χ0v) is 12.8. The second-order valence-corrected chi connectivity index (χ2v) is 3.83. The molecular formula is C17H22O3. The molecule has 2 aromatic rings. The van der Waals surface area contributed by atoms with Crippen LogP contribution in [0.2, 0.25) is 0 Å². The van der Waals surface area contributed by atoms with Crippen molar-refractivity contribution in [3.8, 4) is 28.4 Å². The molecule has 2 aromatic carbocycles. The number of ether oxygens (including phenoxy) is 3. The maximum absolute atomic E-state index is 5.26. The molecule has 0 aromatic heterocycles. The quantitative estimate of drug-likeness (QED) is 0.826. The molecule has 20 heavy (non-hydrogen) atoms. The molecule has 0 bridgehead atoms. The Balaban J connectivity index is 0.000000956. The first-order valence-corrected chi connectivity index (χ1v) is 6.64. The van der Waals surface area contributed by atoms with Crippen LogP contribution in [0, 0.1) is 0 Å². The van der Waals surface area contributed by atoms with Crippen LogP contribution in [0.5, 0.6) is 17.2 Å². The van der Waals surface area contributed by atoms with Crippen LogP contribution in [0.4, 0.5) is 0 Å². The summed E-state index contributed by atoms with van der Waals surface area (Å²) in [7, 11) is 4.95. The summed E-state index contributed by atoms with van der Waals surface area (Å²) in [6.07, 6.45) is 0. The highest BCUT2D eigenvalue weighted by molar-refractivity contribution is 5.67. The van der Waals surface area contributed by atoms with E-state index in [0.717, 1.165) is 28.4 Å². The Morgan fingerprint density at radius 3 is 1.40 bits per heavy atom. The normalized spacial score (nSPS) is 9.25. The van der Waals surface area contributed by atoms with Gasteiger partial charge in [-0.1, -0.05) is 26.0 Å². The molecule has 0 atom stereocenters. The molecule has 0 spiro atoms. The molecule has 0 radical (unpaired) electrons. The van der Waals surface area contributed by atoms with Gasteiger partial charge in [-0.15, -0.1) is 0 Å². The lowest BCUT2D eigenvalue weighted by Gasteiger charge is -2.09. The zero-order valence-electron chi connectivity index (χ0n) is 12.8. The molecule has 0 aliphatic rings. The molecule has 0 saturated carbocycles. The molecular weight excluding hydrogens is 252 g/mol. The lowest BCUT2D eigenvalue weighted by Crippen LogP contribution is -1.89. The second-order valence-electron chi connectivity index (χ2n) is 3.83. The Morgan fingerprint density at radius 1 is 0.550 bits per heavy atom. The largest absolute Gasteiger partial charge is 0.497 e. The van der Waals surface area contributed by atoms with E-state index in [-0.39, 0.29) is 0 Å². The van der Waals surface area contributed by atoms with Gasteiger partial charge in [-0.3, -0.25) is 0 Å². The lowest BCUT2D eigenvalue weighted by molar-refractivity contribution is 0.394. The fourth-order valence-electron chi connectivity index (χ4n) is 1.76. The van der Waals surface area contributed by atoms with Gasteiger partial charge in [-0.05, 0) is 35.4 Å². The van der Waals surface area contributed by atoms with Gasteiger partial charge in [0.15, 0.2) is 0 Å². The predicted octanol–water partition coefficient (Wildman–Crippen LogP) is 4.41. The summed E-state index contributed by atoms with van der Waals surface area (Å²) >= 11 is 0. The Hall–Kier alpha value is -2.16. The molecule has 0 fully saturated rings. The lowest BCUT2D eigenvalue weighted by atomic mass is 10.0. The van der Waals surface area contributed by atoms with Crippen molar-refractivity contribution in [2.24, 2.45) is 0 Å². The number of rotatable bonds is 4. The third-order valence-electron chi connectivity index (χ3n) is 2.77. The highest BCUT2D eigenvalue weighted by atomic mass is 16.5. The highest BCUT2D eigenvalue weighted by Gasteiger charge is 2.04. The molecule has 0 N–H and O–H groups in total. The molecule has 0 saturated heterocycles. The summed E-state index contributed by atoms with van der Waals surface area (Å²) in [5.74, 6) is 2.40. The minimum absolute atomic E-state index is 0.778. The van der Waals surface area contributed by atoms with Crippen LogP contribution in [0.25, 0.3) is 11.1 Å². The van der Waals surface area contributed by atoms with Crippen molar-refractivity contribution in [1.82, 2.24) is 0 Å². The Labute approximate surface area is 121 Å². The van der Waals surface area contributed by atoms with Crippen molar-refractivity contribution in [3.63, 3.8) is 0 Å². The first kappa shape index (κ1) is 15.9. The van der Waals surface area contributed by atoms with E-state index in [1.54, 1.807) is 21.3 Å². The van der Waals surface area contributed by atoms with Gasteiger partial charge in [0, 0.05) is 6.07 Å². The SMILES string of the molecule is CC.COc1ccc(-c2cc(OC)cc(OC)c2)cc1. The molecule has 0 aliphatic carbocycles. The molecule has 3 nitrogen and oxygen atoms in total. The van der Waals surface area contributed by atoms with Gasteiger partial charge in [0.05, 0.1) is 21.3 Å². The van der Waals surface area contributed by atoms with Crippen LogP contribution >= 0.6 is 0 Å². The summed E-state index contributed by atoms with van der Waals surface area (Å²) in [6.45, 7) is 4.00. The maximum atomic E-state index is 5.26. The number of methoxy groups -OCH3 is 3. The molecule has 108 valence electrons. The molecule has 0 heterocycles. The first-order valence-electron chi connectivity index (χ1n) is 6.64. The minimum atomic E-state index is 0.778. The average molecular weight is 274 g/mol. The number of hydrogen-bond donors (Lipinski definition) is 0. The molecule has 3 heteroatoms. The van der Waals surface area contributed by atoms with Crippen LogP contribution in [-0.2, 0) is 0 Å². The van der Waals surface area contributed by atoms with Crippen molar-refractivity contribution in [1.29, 1.82) is 0 Å². The van der Waals surface area contributed by atoms with E-state index >= 15 is 0 Å². The Kier molecular flexibility index (Phi) is 6.44. The van der Waals surface area contributed by atoms with E-state index in [4.69, 9.17) is 14.2 Å². The predicted molar refractivity (Wildman–Crippen MR) is 82.9 cm³/mol. The number of hydrogen-bond acceptors (Lipinski definition) is 3. The van der Waals surface area contributed by atoms with E-state index in [0.29, 0.717) is 0 Å². The van der Waals surface area contributed by atoms with Crippen molar-refractivity contribution < 1.29 is 14.2 Å². The van der Waals surface area contributed by atoms with Crippen molar-refractivity contribution >= 4 is 0 Å². The minimum Gasteiger partial charge on any atom is -0.497 e. The van der Waals surface area contributed by atoms with Gasteiger partial charge < -0.3 is 14.2 Å². The standard InChI is InChI=1S/C15H16O3.C2H6/c1-16-13-6-4-11(5-7-13)12-8-14(17-2)10-15(9-12)18-3;1-2/h4-10H,1-3H3;1-2H3. The van der Waals surface area contributed by atoms with Crippen LogP contribution in [0.3, 0.4) is 0 Å². The van der Waals surface area contributed by atoms with Gasteiger partial charge >= 0.3 is 0 Å². The fraction of sp³-hybridized carbons (Fsp3) is 0.294. The van der Waals surface area contributed by atoms with Crippen LogP contribution in [0.15, 0.2) is 42.5 Å². The third kappa shape index (κ3) is 3.92. The van der Waals surface area contributed by atoms with Gasteiger partial charge in [-0.25, -0.2) is 0 Å². The Morgan fingerprint density at radius 2 is 1.00 bits per heavy atom. The molecule has 0 aliphatic heterocycles. The van der Waals surface area contributed by atoms with E-state index in [2.05, 4.69) is 0 Å². The maximum Gasteiger partial charge on any atom is 0.123 e.